The molecule has 0 spiro atoms. The molecule has 5 aliphatic rings. The molecule has 4 aliphatic heterocycles. The first-order chi connectivity index (χ1) is 24.0. The molecule has 0 unspecified atom stereocenters. The van der Waals surface area contributed by atoms with Gasteiger partial charge in [0.05, 0.1) is 41.5 Å². The molecule has 0 amide bonds. The van der Waals surface area contributed by atoms with Gasteiger partial charge in [0.1, 0.15) is 0 Å². The Hall–Kier alpha value is -4.16. The zero-order chi connectivity index (χ0) is 33.5. The van der Waals surface area contributed by atoms with Crippen molar-refractivity contribution in [3.63, 3.8) is 0 Å². The quantitative estimate of drug-likeness (QED) is 0.219. The van der Waals surface area contributed by atoms with Crippen molar-refractivity contribution >= 4 is 21.5 Å². The van der Waals surface area contributed by atoms with E-state index in [4.69, 9.17) is 9.73 Å². The summed E-state index contributed by atoms with van der Waals surface area (Å²) in [6.45, 7) is 10.5. The maximum atomic E-state index is 14.4. The molecule has 0 bridgehead atoms. The third kappa shape index (κ3) is 6.14. The van der Waals surface area contributed by atoms with E-state index in [9.17, 15) is 19.5 Å². The van der Waals surface area contributed by atoms with Gasteiger partial charge in [-0.3, -0.25) is 38.7 Å². The molecule has 0 saturated carbocycles. The number of morpholine rings is 1. The predicted molar refractivity (Wildman–Crippen MR) is 191 cm³/mol. The molecule has 0 atom stereocenters. The van der Waals surface area contributed by atoms with Gasteiger partial charge in [0.15, 0.2) is 0 Å². The first kappa shape index (κ1) is 32.1. The van der Waals surface area contributed by atoms with Gasteiger partial charge in [-0.1, -0.05) is 24.3 Å². The summed E-state index contributed by atoms with van der Waals surface area (Å²) in [6, 6.07) is 11.7. The number of benzene rings is 3. The molecule has 1 aliphatic carbocycles. The van der Waals surface area contributed by atoms with Crippen LogP contribution in [-0.2, 0) is 17.8 Å². The summed E-state index contributed by atoms with van der Waals surface area (Å²) in [5.41, 5.74) is 1.91. The maximum absolute atomic E-state index is 14.4. The molecule has 1 aromatic heterocycles. The van der Waals surface area contributed by atoms with Gasteiger partial charge < -0.3 is 14.7 Å². The summed E-state index contributed by atoms with van der Waals surface area (Å²) in [6.07, 6.45) is 5.45. The molecule has 2 aromatic carbocycles. The van der Waals surface area contributed by atoms with Crippen LogP contribution in [-0.4, -0.2) is 101 Å². The van der Waals surface area contributed by atoms with Crippen LogP contribution in [0.1, 0.15) is 37.7 Å². The lowest BCUT2D eigenvalue weighted by molar-refractivity contribution is 0.0368. The average molecular weight is 665 g/mol. The Labute approximate surface area is 284 Å². The van der Waals surface area contributed by atoms with Crippen molar-refractivity contribution in [2.24, 2.45) is 4.99 Å². The number of aromatic amines is 1. The number of aromatic nitrogens is 2. The highest BCUT2D eigenvalue weighted by Gasteiger charge is 2.28. The van der Waals surface area contributed by atoms with Gasteiger partial charge in [-0.25, -0.2) is 0 Å². The average Bonchev–Trinajstić information content (AvgIpc) is 3.83. The van der Waals surface area contributed by atoms with Crippen molar-refractivity contribution in [3.8, 4) is 28.1 Å². The highest BCUT2D eigenvalue weighted by atomic mass is 16.5. The van der Waals surface area contributed by atoms with E-state index in [1.807, 2.05) is 18.2 Å². The minimum atomic E-state index is -0.524. The lowest BCUT2D eigenvalue weighted by Crippen LogP contribution is -2.37. The van der Waals surface area contributed by atoms with Crippen LogP contribution in [0.15, 0.2) is 55.8 Å². The van der Waals surface area contributed by atoms with E-state index in [0.717, 1.165) is 64.5 Å². The molecule has 5 heterocycles. The molecule has 11 heteroatoms. The number of ether oxygens (including phenoxy) is 1. The Morgan fingerprint density at radius 3 is 2.16 bits per heavy atom. The fraction of sp³-hybridized carbons (Fsp3) is 0.474. The summed E-state index contributed by atoms with van der Waals surface area (Å²) >= 11 is 0. The Bertz CT molecular complexity index is 2160. The smallest absolute Gasteiger partial charge is 0.263 e. The van der Waals surface area contributed by atoms with Crippen LogP contribution in [0, 0.1) is 0 Å². The monoisotopic (exact) mass is 664 g/mol. The number of pyridine rings is 2. The largest absolute Gasteiger partial charge is 0.494 e. The number of rotatable bonds is 10. The van der Waals surface area contributed by atoms with E-state index in [1.165, 1.54) is 35.8 Å². The number of H-pyrrole nitrogens is 1. The fourth-order valence-electron chi connectivity index (χ4n) is 8.18. The van der Waals surface area contributed by atoms with Crippen molar-refractivity contribution in [2.75, 3.05) is 72.1 Å². The SMILES string of the molecule is O=c1[nH]c(=O)c2c(-c3ccc(CN4CCCC4)cc3)cc3c(O)n(CCCN4CCOCC4)c(=O)c4c(=NCCN5CCCC5)cc1-c2c34. The van der Waals surface area contributed by atoms with Crippen LogP contribution in [0.2, 0.25) is 0 Å². The lowest BCUT2D eigenvalue weighted by atomic mass is 9.86. The van der Waals surface area contributed by atoms with Gasteiger partial charge in [-0.05, 0) is 87.1 Å². The Balaban J connectivity index is 1.30. The van der Waals surface area contributed by atoms with Crippen molar-refractivity contribution in [1.29, 1.82) is 0 Å². The summed E-state index contributed by atoms with van der Waals surface area (Å²) in [5, 5.41) is 13.9. The van der Waals surface area contributed by atoms with Gasteiger partial charge in [0.25, 0.3) is 16.7 Å². The van der Waals surface area contributed by atoms with E-state index >= 15 is 0 Å². The first-order valence-electron chi connectivity index (χ1n) is 17.9. The van der Waals surface area contributed by atoms with Gasteiger partial charge in [-0.15, -0.1) is 0 Å². The van der Waals surface area contributed by atoms with Crippen molar-refractivity contribution in [1.82, 2.24) is 24.3 Å². The highest BCUT2D eigenvalue weighted by Crippen LogP contribution is 2.42. The van der Waals surface area contributed by atoms with Gasteiger partial charge in [0.2, 0.25) is 5.88 Å². The molecule has 3 saturated heterocycles. The number of hydrogen-bond acceptors (Lipinski definition) is 9. The van der Waals surface area contributed by atoms with E-state index in [2.05, 4.69) is 31.8 Å². The minimum Gasteiger partial charge on any atom is -0.494 e. The standard InChI is InChI=1S/C38H44N6O5/c45-35-28-23-30(39-10-17-41-11-1-2-12-41)34-32-29(37(47)44(38(34)48)16-5-15-42-18-20-49-21-19-42)22-27(33(31(28)32)36(46)40-35)26-8-6-25(7-9-26)24-43-13-3-4-14-43/h6-9,22-23,47H,1-5,10-21,24H2,(H,40,45,46). The summed E-state index contributed by atoms with van der Waals surface area (Å²) in [7, 11) is 0. The second-order valence-corrected chi connectivity index (χ2v) is 13.9. The first-order valence-corrected chi connectivity index (χ1v) is 17.9. The molecule has 0 radical (unpaired) electrons. The maximum Gasteiger partial charge on any atom is 0.263 e. The fourth-order valence-corrected chi connectivity index (χ4v) is 8.18. The Morgan fingerprint density at radius 2 is 1.43 bits per heavy atom. The molecule has 256 valence electrons. The predicted octanol–water partition coefficient (Wildman–Crippen LogP) is 2.87. The molecule has 8 rings (SSSR count). The number of aromatic hydroxyl groups is 1. The molecule has 11 nitrogen and oxygen atoms in total. The topological polar surface area (TPSA) is 123 Å². The van der Waals surface area contributed by atoms with E-state index < -0.39 is 11.1 Å². The van der Waals surface area contributed by atoms with Crippen LogP contribution in [0.4, 0.5) is 0 Å². The van der Waals surface area contributed by atoms with Gasteiger partial charge >= 0.3 is 0 Å². The normalized spacial score (nSPS) is 18.7. The summed E-state index contributed by atoms with van der Waals surface area (Å²) < 4.78 is 6.94. The Kier molecular flexibility index (Phi) is 8.92. The molecule has 49 heavy (non-hydrogen) atoms. The molecular weight excluding hydrogens is 620 g/mol. The van der Waals surface area contributed by atoms with Crippen molar-refractivity contribution in [3.05, 3.63) is 78.4 Å². The molecule has 3 aromatic rings. The number of likely N-dealkylation sites (tertiary alicyclic amines) is 2. The lowest BCUT2D eigenvalue weighted by Gasteiger charge is -2.26. The van der Waals surface area contributed by atoms with Gasteiger partial charge in [-0.2, -0.15) is 0 Å². The van der Waals surface area contributed by atoms with Crippen molar-refractivity contribution < 1.29 is 9.84 Å². The second-order valence-electron chi connectivity index (χ2n) is 13.9. The second kappa shape index (κ2) is 13.6. The Morgan fingerprint density at radius 1 is 0.735 bits per heavy atom. The van der Waals surface area contributed by atoms with Gasteiger partial charge in [0, 0.05) is 55.6 Å². The number of nitrogens with one attached hydrogen (secondary N) is 1. The molecular formula is C38H44N6O5. The zero-order valence-electron chi connectivity index (χ0n) is 28.0. The number of hydrogen-bond donors (Lipinski definition) is 2. The van der Waals surface area contributed by atoms with E-state index in [-0.39, 0.29) is 11.4 Å². The third-order valence-corrected chi connectivity index (χ3v) is 10.8. The minimum absolute atomic E-state index is 0.156. The van der Waals surface area contributed by atoms with Crippen LogP contribution in [0.25, 0.3) is 43.8 Å². The van der Waals surface area contributed by atoms with Crippen LogP contribution in [0.3, 0.4) is 0 Å². The van der Waals surface area contributed by atoms with E-state index in [0.29, 0.717) is 76.3 Å². The number of nitrogens with zero attached hydrogens (tertiary/aromatic N) is 5. The highest BCUT2D eigenvalue weighted by molar-refractivity contribution is 6.19. The molecule has 2 N–H and O–H groups in total. The summed E-state index contributed by atoms with van der Waals surface area (Å²) in [5.74, 6) is -0.156. The van der Waals surface area contributed by atoms with Crippen LogP contribution in [0.5, 0.6) is 5.88 Å². The van der Waals surface area contributed by atoms with E-state index in [1.54, 1.807) is 6.07 Å². The molecule has 3 fully saturated rings. The van der Waals surface area contributed by atoms with Crippen LogP contribution < -0.4 is 22.0 Å². The summed E-state index contributed by atoms with van der Waals surface area (Å²) in [4.78, 5) is 56.1. The zero-order valence-corrected chi connectivity index (χ0v) is 28.0. The van der Waals surface area contributed by atoms with Crippen molar-refractivity contribution in [2.45, 2.75) is 45.2 Å². The van der Waals surface area contributed by atoms with Crippen LogP contribution >= 0.6 is 0 Å². The third-order valence-electron chi connectivity index (χ3n) is 10.8.